The van der Waals surface area contributed by atoms with Crippen molar-refractivity contribution in [3.8, 4) is 0 Å². The lowest BCUT2D eigenvalue weighted by molar-refractivity contribution is 0.0963. The van der Waals surface area contributed by atoms with Crippen LogP contribution in [-0.2, 0) is 12.8 Å². The Morgan fingerprint density at radius 1 is 1.29 bits per heavy atom. The minimum absolute atomic E-state index is 0.0819. The molecule has 6 nitrogen and oxygen atoms in total. The van der Waals surface area contributed by atoms with Gasteiger partial charge in [0.15, 0.2) is 0 Å². The molecule has 3 heterocycles. The zero-order chi connectivity index (χ0) is 16.5. The first-order chi connectivity index (χ1) is 11.8. The minimum Gasteiger partial charge on any atom is -0.355 e. The molecule has 1 amide bonds. The summed E-state index contributed by atoms with van der Waals surface area (Å²) in [6.07, 6.45) is 9.60. The summed E-state index contributed by atoms with van der Waals surface area (Å²) in [5, 5.41) is 2.70. The van der Waals surface area contributed by atoms with Crippen LogP contribution in [0.4, 0.5) is 5.82 Å². The highest BCUT2D eigenvalue weighted by atomic mass is 16.1. The van der Waals surface area contributed by atoms with Gasteiger partial charge in [-0.25, -0.2) is 9.97 Å². The molecule has 2 aromatic heterocycles. The Balaban J connectivity index is 1.57. The van der Waals surface area contributed by atoms with Crippen LogP contribution in [-0.4, -0.2) is 40.6 Å². The van der Waals surface area contributed by atoms with E-state index < -0.39 is 0 Å². The van der Waals surface area contributed by atoms with Crippen molar-refractivity contribution in [3.05, 3.63) is 41.6 Å². The second-order valence-electron chi connectivity index (χ2n) is 6.59. The fraction of sp³-hybridized carbons (Fsp3) is 0.500. The minimum atomic E-state index is -0.0819. The van der Waals surface area contributed by atoms with E-state index in [4.69, 9.17) is 0 Å². The molecule has 1 N–H and O–H groups in total. The molecule has 1 saturated heterocycles. The van der Waals surface area contributed by atoms with Crippen LogP contribution in [0.1, 0.15) is 47.1 Å². The second kappa shape index (κ2) is 6.26. The fourth-order valence-corrected chi connectivity index (χ4v) is 3.93. The predicted octanol–water partition coefficient (Wildman–Crippen LogP) is 1.97. The average Bonchev–Trinajstić information content (AvgIpc) is 3.27. The van der Waals surface area contributed by atoms with Gasteiger partial charge in [-0.3, -0.25) is 4.79 Å². The highest BCUT2D eigenvalue weighted by molar-refractivity contribution is 5.98. The maximum atomic E-state index is 12.1. The number of hydrogen-bond acceptors (Lipinski definition) is 4. The Bertz CT molecular complexity index is 754. The highest BCUT2D eigenvalue weighted by Crippen LogP contribution is 2.31. The standard InChI is InChI=1S/C18H23N5O/c1-19-18(24)14-5-4-9-20-17(14)22-10-8-13(11-22)23-12-21-15-6-2-3-7-16(15)23/h4-5,9,12-13H,2-3,6-8,10-11H2,1H3,(H,19,24)/t13-/m0/s1. The van der Waals surface area contributed by atoms with Gasteiger partial charge in [-0.1, -0.05) is 0 Å². The Morgan fingerprint density at radius 3 is 3.04 bits per heavy atom. The third-order valence-corrected chi connectivity index (χ3v) is 5.17. The summed E-state index contributed by atoms with van der Waals surface area (Å²) in [7, 11) is 1.66. The smallest absolute Gasteiger partial charge is 0.254 e. The van der Waals surface area contributed by atoms with Crippen molar-refractivity contribution in [2.24, 2.45) is 0 Å². The Morgan fingerprint density at radius 2 is 2.17 bits per heavy atom. The largest absolute Gasteiger partial charge is 0.355 e. The van der Waals surface area contributed by atoms with Crippen molar-refractivity contribution in [3.63, 3.8) is 0 Å². The van der Waals surface area contributed by atoms with Gasteiger partial charge in [-0.2, -0.15) is 0 Å². The van der Waals surface area contributed by atoms with Crippen molar-refractivity contribution in [1.82, 2.24) is 19.9 Å². The summed E-state index contributed by atoms with van der Waals surface area (Å²) in [6.45, 7) is 1.79. The first kappa shape index (κ1) is 15.2. The fourth-order valence-electron chi connectivity index (χ4n) is 3.93. The number of aromatic nitrogens is 3. The molecule has 0 aromatic carbocycles. The lowest BCUT2D eigenvalue weighted by atomic mass is 10.0. The van der Waals surface area contributed by atoms with Gasteiger partial charge in [0.25, 0.3) is 5.91 Å². The van der Waals surface area contributed by atoms with Gasteiger partial charge in [-0.05, 0) is 44.2 Å². The predicted molar refractivity (Wildman–Crippen MR) is 92.4 cm³/mol. The lowest BCUT2D eigenvalue weighted by Gasteiger charge is -2.22. The van der Waals surface area contributed by atoms with Gasteiger partial charge in [0.1, 0.15) is 5.82 Å². The summed E-state index contributed by atoms with van der Waals surface area (Å²) < 4.78 is 2.37. The van der Waals surface area contributed by atoms with E-state index >= 15 is 0 Å². The van der Waals surface area contributed by atoms with Gasteiger partial charge in [0.05, 0.1) is 23.6 Å². The van der Waals surface area contributed by atoms with Crippen molar-refractivity contribution in [2.45, 2.75) is 38.1 Å². The lowest BCUT2D eigenvalue weighted by Crippen LogP contribution is -2.27. The molecule has 2 aliphatic rings. The van der Waals surface area contributed by atoms with E-state index in [-0.39, 0.29) is 5.91 Å². The number of nitrogens with one attached hydrogen (secondary N) is 1. The quantitative estimate of drug-likeness (QED) is 0.937. The Hall–Kier alpha value is -2.37. The van der Waals surface area contributed by atoms with E-state index in [0.717, 1.165) is 38.2 Å². The molecule has 126 valence electrons. The highest BCUT2D eigenvalue weighted by Gasteiger charge is 2.29. The van der Waals surface area contributed by atoms with E-state index in [0.29, 0.717) is 11.6 Å². The van der Waals surface area contributed by atoms with Crippen LogP contribution in [0.3, 0.4) is 0 Å². The maximum Gasteiger partial charge on any atom is 0.254 e. The molecule has 0 spiro atoms. The average molecular weight is 325 g/mol. The summed E-state index contributed by atoms with van der Waals surface area (Å²) in [4.78, 5) is 23.4. The molecule has 1 aliphatic heterocycles. The molecule has 2 aromatic rings. The number of anilines is 1. The van der Waals surface area contributed by atoms with E-state index in [1.165, 1.54) is 24.2 Å². The number of pyridine rings is 1. The molecule has 0 unspecified atom stereocenters. The van der Waals surface area contributed by atoms with Crippen LogP contribution >= 0.6 is 0 Å². The third kappa shape index (κ3) is 2.56. The van der Waals surface area contributed by atoms with Gasteiger partial charge in [-0.15, -0.1) is 0 Å². The summed E-state index contributed by atoms with van der Waals surface area (Å²) in [6, 6.07) is 4.07. The number of carbonyl (C=O) groups excluding carboxylic acids is 1. The number of amides is 1. The van der Waals surface area contributed by atoms with Crippen LogP contribution in [0.15, 0.2) is 24.7 Å². The molecule has 0 saturated carbocycles. The van der Waals surface area contributed by atoms with Gasteiger partial charge < -0.3 is 14.8 Å². The molecular formula is C18H23N5O. The van der Waals surface area contributed by atoms with Crippen molar-refractivity contribution >= 4 is 11.7 Å². The van der Waals surface area contributed by atoms with Gasteiger partial charge >= 0.3 is 0 Å². The monoisotopic (exact) mass is 325 g/mol. The number of imidazole rings is 1. The van der Waals surface area contributed by atoms with Crippen LogP contribution < -0.4 is 10.2 Å². The number of fused-ring (bicyclic) bond motifs is 1. The van der Waals surface area contributed by atoms with Crippen LogP contribution in [0.2, 0.25) is 0 Å². The van der Waals surface area contributed by atoms with E-state index in [1.54, 1.807) is 13.2 Å². The molecule has 0 bridgehead atoms. The zero-order valence-electron chi connectivity index (χ0n) is 14.0. The third-order valence-electron chi connectivity index (χ3n) is 5.17. The van der Waals surface area contributed by atoms with E-state index in [2.05, 4.69) is 24.8 Å². The van der Waals surface area contributed by atoms with Gasteiger partial charge in [0.2, 0.25) is 0 Å². The van der Waals surface area contributed by atoms with Crippen LogP contribution in [0, 0.1) is 0 Å². The van der Waals surface area contributed by atoms with Crippen LogP contribution in [0.5, 0.6) is 0 Å². The number of rotatable bonds is 3. The molecule has 1 aliphatic carbocycles. The first-order valence-corrected chi connectivity index (χ1v) is 8.74. The molecule has 6 heteroatoms. The number of carbonyl (C=O) groups is 1. The Kier molecular flexibility index (Phi) is 3.96. The normalized spacial score (nSPS) is 20.0. The molecule has 0 radical (unpaired) electrons. The number of hydrogen-bond donors (Lipinski definition) is 1. The SMILES string of the molecule is CNC(=O)c1cccnc1N1CC[C@H](n2cnc3c2CCCC3)C1. The maximum absolute atomic E-state index is 12.1. The topological polar surface area (TPSA) is 63.1 Å². The Labute approximate surface area is 141 Å². The van der Waals surface area contributed by atoms with E-state index in [1.807, 2.05) is 18.5 Å². The van der Waals surface area contributed by atoms with Crippen LogP contribution in [0.25, 0.3) is 0 Å². The molecule has 1 fully saturated rings. The van der Waals surface area contributed by atoms with Gasteiger partial charge in [0, 0.05) is 32.0 Å². The molecule has 4 rings (SSSR count). The zero-order valence-corrected chi connectivity index (χ0v) is 14.0. The van der Waals surface area contributed by atoms with Crippen molar-refractivity contribution in [1.29, 1.82) is 0 Å². The molecular weight excluding hydrogens is 302 g/mol. The van der Waals surface area contributed by atoms with Crippen molar-refractivity contribution in [2.75, 3.05) is 25.0 Å². The summed E-state index contributed by atoms with van der Waals surface area (Å²) >= 11 is 0. The van der Waals surface area contributed by atoms with E-state index in [9.17, 15) is 4.79 Å². The molecule has 24 heavy (non-hydrogen) atoms. The number of nitrogens with zero attached hydrogens (tertiary/aromatic N) is 4. The van der Waals surface area contributed by atoms with Crippen molar-refractivity contribution < 1.29 is 4.79 Å². The summed E-state index contributed by atoms with van der Waals surface area (Å²) in [5.74, 6) is 0.704. The molecule has 1 atom stereocenters. The summed E-state index contributed by atoms with van der Waals surface area (Å²) in [5.41, 5.74) is 3.34. The second-order valence-corrected chi connectivity index (χ2v) is 6.59. The first-order valence-electron chi connectivity index (χ1n) is 8.74. The number of aryl methyl sites for hydroxylation is 1.